The Balaban J connectivity index is 1.68. The molecule has 1 heterocycles. The molecule has 2 aromatic carbocycles. The molecule has 25 heavy (non-hydrogen) atoms. The van der Waals surface area contributed by atoms with Gasteiger partial charge in [-0.2, -0.15) is 0 Å². The van der Waals surface area contributed by atoms with E-state index in [9.17, 15) is 9.90 Å². The average Bonchev–Trinajstić information content (AvgIpc) is 2.63. The Labute approximate surface area is 148 Å². The number of benzene rings is 2. The summed E-state index contributed by atoms with van der Waals surface area (Å²) in [4.78, 5) is 13.7. The third-order valence-corrected chi connectivity index (χ3v) is 4.56. The molecule has 5 nitrogen and oxygen atoms in total. The molecule has 0 bridgehead atoms. The number of nitrogens with one attached hydrogen (secondary N) is 1. The molecule has 2 N–H and O–H groups in total. The Hall–Kier alpha value is -2.53. The summed E-state index contributed by atoms with van der Waals surface area (Å²) in [5.74, 6) is -0.259. The van der Waals surface area contributed by atoms with Gasteiger partial charge in [0.15, 0.2) is 0 Å². The maximum atomic E-state index is 11.2. The fourth-order valence-electron chi connectivity index (χ4n) is 3.33. The normalized spacial score (nSPS) is 17.9. The van der Waals surface area contributed by atoms with Crippen molar-refractivity contribution in [3.05, 3.63) is 59.7 Å². The first-order valence-corrected chi connectivity index (χ1v) is 8.60. The van der Waals surface area contributed by atoms with Gasteiger partial charge < -0.3 is 15.2 Å². The van der Waals surface area contributed by atoms with Crippen LogP contribution in [0.25, 0.3) is 0 Å². The van der Waals surface area contributed by atoms with Crippen LogP contribution >= 0.6 is 0 Å². The lowest BCUT2D eigenvalue weighted by atomic mass is 10.0. The largest absolute Gasteiger partial charge is 0.495 e. The zero-order valence-electron chi connectivity index (χ0n) is 14.4. The number of anilines is 1. The number of carboxylic acid groups (broad SMARTS) is 1. The highest BCUT2D eigenvalue weighted by atomic mass is 16.5. The summed E-state index contributed by atoms with van der Waals surface area (Å²) in [5, 5.41) is 12.7. The SMILES string of the molecule is COc1ccc(C(=O)O)cc1NC1CCCN(Cc2ccccc2)C1. The monoisotopic (exact) mass is 340 g/mol. The molecule has 1 unspecified atom stereocenters. The van der Waals surface area contributed by atoms with Gasteiger partial charge in [0, 0.05) is 19.1 Å². The molecule has 0 radical (unpaired) electrons. The number of rotatable bonds is 6. The Morgan fingerprint density at radius 3 is 2.80 bits per heavy atom. The summed E-state index contributed by atoms with van der Waals surface area (Å²) in [6, 6.07) is 15.7. The van der Waals surface area contributed by atoms with E-state index in [1.807, 2.05) is 6.07 Å². The summed E-state index contributed by atoms with van der Waals surface area (Å²) in [5.41, 5.74) is 2.32. The van der Waals surface area contributed by atoms with E-state index >= 15 is 0 Å². The quantitative estimate of drug-likeness (QED) is 0.843. The van der Waals surface area contributed by atoms with Crippen molar-refractivity contribution < 1.29 is 14.6 Å². The predicted octanol–water partition coefficient (Wildman–Crippen LogP) is 3.47. The fourth-order valence-corrected chi connectivity index (χ4v) is 3.33. The zero-order valence-corrected chi connectivity index (χ0v) is 14.4. The van der Waals surface area contributed by atoms with E-state index in [2.05, 4.69) is 34.5 Å². The minimum Gasteiger partial charge on any atom is -0.495 e. The number of aromatic carboxylic acids is 1. The molecule has 1 aliphatic rings. The molecule has 1 saturated heterocycles. The molecule has 0 spiro atoms. The number of carbonyl (C=O) groups is 1. The van der Waals surface area contributed by atoms with E-state index in [0.717, 1.165) is 38.2 Å². The first-order chi connectivity index (χ1) is 12.2. The minimum absolute atomic E-state index is 0.264. The average molecular weight is 340 g/mol. The first kappa shape index (κ1) is 17.3. The topological polar surface area (TPSA) is 61.8 Å². The number of hydrogen-bond acceptors (Lipinski definition) is 4. The molecular weight excluding hydrogens is 316 g/mol. The maximum absolute atomic E-state index is 11.2. The lowest BCUT2D eigenvalue weighted by Crippen LogP contribution is -2.41. The number of methoxy groups -OCH3 is 1. The van der Waals surface area contributed by atoms with Crippen LogP contribution in [0.2, 0.25) is 0 Å². The highest BCUT2D eigenvalue weighted by Gasteiger charge is 2.21. The standard InChI is InChI=1S/C20H24N2O3/c1-25-19-10-9-16(20(23)24)12-18(19)21-17-8-5-11-22(14-17)13-15-6-3-2-4-7-15/h2-4,6-7,9-10,12,17,21H,5,8,11,13-14H2,1H3,(H,23,24). The van der Waals surface area contributed by atoms with E-state index in [4.69, 9.17) is 4.74 Å². The van der Waals surface area contributed by atoms with Crippen molar-refractivity contribution in [1.82, 2.24) is 4.90 Å². The minimum atomic E-state index is -0.931. The number of likely N-dealkylation sites (tertiary alicyclic amines) is 1. The van der Waals surface area contributed by atoms with Gasteiger partial charge in [0.2, 0.25) is 0 Å². The van der Waals surface area contributed by atoms with E-state index < -0.39 is 5.97 Å². The maximum Gasteiger partial charge on any atom is 0.335 e. The summed E-state index contributed by atoms with van der Waals surface area (Å²) >= 11 is 0. The summed E-state index contributed by atoms with van der Waals surface area (Å²) in [7, 11) is 1.60. The molecular formula is C20H24N2O3. The second kappa shape index (κ2) is 8.03. The van der Waals surface area contributed by atoms with E-state index in [0.29, 0.717) is 5.75 Å². The Kier molecular flexibility index (Phi) is 5.56. The third-order valence-electron chi connectivity index (χ3n) is 4.56. The molecule has 1 fully saturated rings. The molecule has 0 aromatic heterocycles. The van der Waals surface area contributed by atoms with Crippen molar-refractivity contribution in [1.29, 1.82) is 0 Å². The van der Waals surface area contributed by atoms with E-state index in [-0.39, 0.29) is 11.6 Å². The molecule has 2 aromatic rings. The van der Waals surface area contributed by atoms with Crippen LogP contribution in [0.15, 0.2) is 48.5 Å². The summed E-state index contributed by atoms with van der Waals surface area (Å²) in [6.45, 7) is 2.94. The number of piperidine rings is 1. The summed E-state index contributed by atoms with van der Waals surface area (Å²) in [6.07, 6.45) is 2.18. The fraction of sp³-hybridized carbons (Fsp3) is 0.350. The smallest absolute Gasteiger partial charge is 0.335 e. The third kappa shape index (κ3) is 4.51. The predicted molar refractivity (Wildman–Crippen MR) is 98.3 cm³/mol. The van der Waals surface area contributed by atoms with Gasteiger partial charge in [-0.1, -0.05) is 30.3 Å². The van der Waals surface area contributed by atoms with Gasteiger partial charge in [-0.05, 0) is 43.1 Å². The second-order valence-corrected chi connectivity index (χ2v) is 6.42. The first-order valence-electron chi connectivity index (χ1n) is 8.60. The molecule has 132 valence electrons. The Morgan fingerprint density at radius 1 is 1.28 bits per heavy atom. The van der Waals surface area contributed by atoms with Crippen molar-refractivity contribution in [2.45, 2.75) is 25.4 Å². The second-order valence-electron chi connectivity index (χ2n) is 6.42. The Morgan fingerprint density at radius 2 is 2.08 bits per heavy atom. The van der Waals surface area contributed by atoms with Crippen LogP contribution in [0.1, 0.15) is 28.8 Å². The molecule has 1 atom stereocenters. The lowest BCUT2D eigenvalue weighted by molar-refractivity contribution is 0.0697. The van der Waals surface area contributed by atoms with Gasteiger partial charge in [0.05, 0.1) is 18.4 Å². The van der Waals surface area contributed by atoms with Gasteiger partial charge in [0.25, 0.3) is 0 Å². The van der Waals surface area contributed by atoms with Crippen LogP contribution in [0.3, 0.4) is 0 Å². The summed E-state index contributed by atoms with van der Waals surface area (Å²) < 4.78 is 5.38. The van der Waals surface area contributed by atoms with Crippen molar-refractivity contribution >= 4 is 11.7 Å². The highest BCUT2D eigenvalue weighted by Crippen LogP contribution is 2.28. The molecule has 0 aliphatic carbocycles. The van der Waals surface area contributed by atoms with E-state index in [1.165, 1.54) is 5.56 Å². The number of ether oxygens (including phenoxy) is 1. The number of carboxylic acids is 1. The van der Waals surface area contributed by atoms with Crippen molar-refractivity contribution in [2.75, 3.05) is 25.5 Å². The zero-order chi connectivity index (χ0) is 17.6. The van der Waals surface area contributed by atoms with Crippen LogP contribution in [0.4, 0.5) is 5.69 Å². The van der Waals surface area contributed by atoms with Crippen LogP contribution in [0.5, 0.6) is 5.75 Å². The van der Waals surface area contributed by atoms with Gasteiger partial charge in [0.1, 0.15) is 5.75 Å². The van der Waals surface area contributed by atoms with Gasteiger partial charge in [-0.3, -0.25) is 4.90 Å². The molecule has 0 amide bonds. The lowest BCUT2D eigenvalue weighted by Gasteiger charge is -2.34. The molecule has 1 aliphatic heterocycles. The number of hydrogen-bond donors (Lipinski definition) is 2. The van der Waals surface area contributed by atoms with Crippen LogP contribution < -0.4 is 10.1 Å². The van der Waals surface area contributed by atoms with Crippen LogP contribution in [-0.4, -0.2) is 42.2 Å². The van der Waals surface area contributed by atoms with Gasteiger partial charge in [-0.15, -0.1) is 0 Å². The van der Waals surface area contributed by atoms with Gasteiger partial charge >= 0.3 is 5.97 Å². The molecule has 3 rings (SSSR count). The highest BCUT2D eigenvalue weighted by molar-refractivity contribution is 5.89. The van der Waals surface area contributed by atoms with E-state index in [1.54, 1.807) is 25.3 Å². The van der Waals surface area contributed by atoms with Crippen molar-refractivity contribution in [3.8, 4) is 5.75 Å². The number of nitrogens with zero attached hydrogens (tertiary/aromatic N) is 1. The van der Waals surface area contributed by atoms with Crippen LogP contribution in [0, 0.1) is 0 Å². The van der Waals surface area contributed by atoms with Crippen LogP contribution in [-0.2, 0) is 6.54 Å². The van der Waals surface area contributed by atoms with Crippen molar-refractivity contribution in [3.63, 3.8) is 0 Å². The van der Waals surface area contributed by atoms with Gasteiger partial charge in [-0.25, -0.2) is 4.79 Å². The molecule has 5 heteroatoms. The Bertz CT molecular complexity index is 718. The van der Waals surface area contributed by atoms with Crippen molar-refractivity contribution in [2.24, 2.45) is 0 Å². The molecule has 0 saturated carbocycles.